The SMILES string of the molecule is CO[C@H]1CCN(c2nc(Nc3ccc(N4CCN(C)CC4)cc3)c3ncn(C(C)C)c3n2)C1. The van der Waals surface area contributed by atoms with Crippen LogP contribution >= 0.6 is 0 Å². The van der Waals surface area contributed by atoms with Gasteiger partial charge < -0.3 is 29.3 Å². The summed E-state index contributed by atoms with van der Waals surface area (Å²) >= 11 is 0. The van der Waals surface area contributed by atoms with E-state index >= 15 is 0 Å². The molecule has 0 spiro atoms. The van der Waals surface area contributed by atoms with Crippen molar-refractivity contribution >= 4 is 34.3 Å². The van der Waals surface area contributed by atoms with Crippen LogP contribution in [0.5, 0.6) is 0 Å². The van der Waals surface area contributed by atoms with Crippen LogP contribution in [-0.2, 0) is 4.74 Å². The Morgan fingerprint density at radius 1 is 1.00 bits per heavy atom. The van der Waals surface area contributed by atoms with E-state index in [-0.39, 0.29) is 12.1 Å². The molecule has 1 atom stereocenters. The zero-order chi connectivity index (χ0) is 22.9. The fourth-order valence-corrected chi connectivity index (χ4v) is 4.57. The van der Waals surface area contributed by atoms with Gasteiger partial charge in [0.1, 0.15) is 0 Å². The number of anilines is 4. The predicted octanol–water partition coefficient (Wildman–Crippen LogP) is 3.13. The number of ether oxygens (including phenoxy) is 1. The lowest BCUT2D eigenvalue weighted by Crippen LogP contribution is -2.44. The molecular weight excluding hydrogens is 416 g/mol. The van der Waals surface area contributed by atoms with Crippen molar-refractivity contribution in [2.45, 2.75) is 32.4 Å². The number of methoxy groups -OCH3 is 1. The molecule has 0 saturated carbocycles. The minimum atomic E-state index is 0.220. The second-order valence-corrected chi connectivity index (χ2v) is 9.34. The summed E-state index contributed by atoms with van der Waals surface area (Å²) in [6.45, 7) is 10.3. The van der Waals surface area contributed by atoms with Crippen molar-refractivity contribution in [2.24, 2.45) is 0 Å². The molecule has 33 heavy (non-hydrogen) atoms. The molecule has 0 radical (unpaired) electrons. The van der Waals surface area contributed by atoms with Gasteiger partial charge in [-0.1, -0.05) is 0 Å². The molecule has 3 aromatic rings. The highest BCUT2D eigenvalue weighted by Gasteiger charge is 2.26. The lowest BCUT2D eigenvalue weighted by atomic mass is 10.2. The third-order valence-corrected chi connectivity index (χ3v) is 6.73. The summed E-state index contributed by atoms with van der Waals surface area (Å²) in [6.07, 6.45) is 3.06. The molecule has 2 fully saturated rings. The average Bonchev–Trinajstić information content (AvgIpc) is 3.47. The molecule has 2 aromatic heterocycles. The van der Waals surface area contributed by atoms with E-state index in [9.17, 15) is 0 Å². The number of hydrogen-bond acceptors (Lipinski definition) is 8. The minimum absolute atomic E-state index is 0.220. The Kier molecular flexibility index (Phi) is 6.07. The monoisotopic (exact) mass is 450 g/mol. The first-order chi connectivity index (χ1) is 16.0. The number of aromatic nitrogens is 4. The van der Waals surface area contributed by atoms with Gasteiger partial charge >= 0.3 is 0 Å². The first kappa shape index (κ1) is 21.9. The summed E-state index contributed by atoms with van der Waals surface area (Å²) < 4.78 is 7.66. The smallest absolute Gasteiger partial charge is 0.229 e. The van der Waals surface area contributed by atoms with Crippen molar-refractivity contribution in [1.29, 1.82) is 0 Å². The number of nitrogens with one attached hydrogen (secondary N) is 1. The van der Waals surface area contributed by atoms with E-state index < -0.39 is 0 Å². The van der Waals surface area contributed by atoms with Crippen molar-refractivity contribution in [3.05, 3.63) is 30.6 Å². The molecule has 2 saturated heterocycles. The first-order valence-electron chi connectivity index (χ1n) is 11.8. The Hall–Kier alpha value is -2.91. The zero-order valence-electron chi connectivity index (χ0n) is 20.0. The van der Waals surface area contributed by atoms with Crippen LogP contribution in [0.3, 0.4) is 0 Å². The maximum Gasteiger partial charge on any atom is 0.229 e. The van der Waals surface area contributed by atoms with E-state index in [0.29, 0.717) is 0 Å². The Bertz CT molecular complexity index is 1090. The summed E-state index contributed by atoms with van der Waals surface area (Å²) in [4.78, 5) is 21.5. The topological polar surface area (TPSA) is 74.6 Å². The maximum atomic E-state index is 5.55. The van der Waals surface area contributed by atoms with Gasteiger partial charge in [0.15, 0.2) is 17.0 Å². The fourth-order valence-electron chi connectivity index (χ4n) is 4.57. The van der Waals surface area contributed by atoms with E-state index in [1.54, 1.807) is 7.11 Å². The molecule has 5 rings (SSSR count). The molecule has 1 N–H and O–H groups in total. The van der Waals surface area contributed by atoms with Crippen LogP contribution in [0.2, 0.25) is 0 Å². The average molecular weight is 451 g/mol. The number of piperazine rings is 1. The predicted molar refractivity (Wildman–Crippen MR) is 133 cm³/mol. The standard InChI is InChI=1S/C24H34N8O/c1-17(2)32-16-25-21-22(27-24(28-23(21)32)31-10-9-20(15-31)33-4)26-18-5-7-19(8-6-18)30-13-11-29(3)12-14-30/h5-8,16-17,20H,9-15H2,1-4H3,(H,26,27,28)/t20-/m0/s1. The Balaban J connectivity index is 1.43. The van der Waals surface area contributed by atoms with Gasteiger partial charge in [0.2, 0.25) is 5.95 Å². The largest absolute Gasteiger partial charge is 0.380 e. The third-order valence-electron chi connectivity index (χ3n) is 6.73. The molecule has 2 aliphatic heterocycles. The van der Waals surface area contributed by atoms with E-state index in [1.807, 2.05) is 6.33 Å². The highest BCUT2D eigenvalue weighted by atomic mass is 16.5. The number of fused-ring (bicyclic) bond motifs is 1. The lowest BCUT2D eigenvalue weighted by Gasteiger charge is -2.34. The van der Waals surface area contributed by atoms with Gasteiger partial charge in [-0.15, -0.1) is 0 Å². The van der Waals surface area contributed by atoms with Crippen molar-refractivity contribution in [3.8, 4) is 0 Å². The van der Waals surface area contributed by atoms with Gasteiger partial charge in [0.25, 0.3) is 0 Å². The summed E-state index contributed by atoms with van der Waals surface area (Å²) in [5.74, 6) is 1.46. The Morgan fingerprint density at radius 2 is 1.76 bits per heavy atom. The molecule has 4 heterocycles. The number of rotatable bonds is 6. The van der Waals surface area contributed by atoms with Crippen LogP contribution in [0.25, 0.3) is 11.2 Å². The molecule has 0 aliphatic carbocycles. The van der Waals surface area contributed by atoms with Crippen LogP contribution in [0, 0.1) is 0 Å². The molecule has 0 amide bonds. The fraction of sp³-hybridized carbons (Fsp3) is 0.542. The van der Waals surface area contributed by atoms with E-state index in [0.717, 1.165) is 74.3 Å². The molecule has 9 nitrogen and oxygen atoms in total. The van der Waals surface area contributed by atoms with Crippen molar-refractivity contribution in [1.82, 2.24) is 24.4 Å². The minimum Gasteiger partial charge on any atom is -0.380 e. The Morgan fingerprint density at radius 3 is 2.42 bits per heavy atom. The normalized spacial score (nSPS) is 19.7. The van der Waals surface area contributed by atoms with Crippen molar-refractivity contribution < 1.29 is 4.74 Å². The van der Waals surface area contributed by atoms with E-state index in [2.05, 4.69) is 74.7 Å². The van der Waals surface area contributed by atoms with Crippen LogP contribution in [0.15, 0.2) is 30.6 Å². The van der Waals surface area contributed by atoms with Crippen LogP contribution in [0.4, 0.5) is 23.1 Å². The quantitative estimate of drug-likeness (QED) is 0.614. The lowest BCUT2D eigenvalue weighted by molar-refractivity contribution is 0.121. The summed E-state index contributed by atoms with van der Waals surface area (Å²) in [5.41, 5.74) is 3.90. The number of imidazole rings is 1. The second-order valence-electron chi connectivity index (χ2n) is 9.34. The highest BCUT2D eigenvalue weighted by molar-refractivity contribution is 5.87. The number of benzene rings is 1. The van der Waals surface area contributed by atoms with Crippen LogP contribution in [-0.4, -0.2) is 83.9 Å². The van der Waals surface area contributed by atoms with Gasteiger partial charge in [0.05, 0.1) is 12.4 Å². The van der Waals surface area contributed by atoms with Crippen LogP contribution < -0.4 is 15.1 Å². The zero-order valence-corrected chi connectivity index (χ0v) is 20.0. The molecule has 9 heteroatoms. The molecule has 0 bridgehead atoms. The molecular formula is C24H34N8O. The molecule has 0 unspecified atom stereocenters. The van der Waals surface area contributed by atoms with Crippen LogP contribution in [0.1, 0.15) is 26.3 Å². The summed E-state index contributed by atoms with van der Waals surface area (Å²) in [7, 11) is 3.95. The summed E-state index contributed by atoms with van der Waals surface area (Å²) in [6, 6.07) is 8.88. The van der Waals surface area contributed by atoms with Gasteiger partial charge in [-0.3, -0.25) is 0 Å². The molecule has 176 valence electrons. The second kappa shape index (κ2) is 9.15. The van der Waals surface area contributed by atoms with Gasteiger partial charge in [0, 0.05) is 63.8 Å². The number of hydrogen-bond donors (Lipinski definition) is 1. The van der Waals surface area contributed by atoms with Gasteiger partial charge in [-0.05, 0) is 51.6 Å². The van der Waals surface area contributed by atoms with Gasteiger partial charge in [-0.2, -0.15) is 9.97 Å². The first-order valence-corrected chi connectivity index (χ1v) is 11.8. The Labute approximate surface area is 195 Å². The number of nitrogens with zero attached hydrogens (tertiary/aromatic N) is 7. The van der Waals surface area contributed by atoms with Gasteiger partial charge in [-0.25, -0.2) is 4.98 Å². The summed E-state index contributed by atoms with van der Waals surface area (Å²) in [5, 5.41) is 3.51. The third kappa shape index (κ3) is 4.47. The maximum absolute atomic E-state index is 5.55. The molecule has 1 aromatic carbocycles. The molecule has 2 aliphatic rings. The van der Waals surface area contributed by atoms with E-state index in [4.69, 9.17) is 14.7 Å². The van der Waals surface area contributed by atoms with Crippen molar-refractivity contribution in [2.75, 3.05) is 68.5 Å². The van der Waals surface area contributed by atoms with Crippen molar-refractivity contribution in [3.63, 3.8) is 0 Å². The highest BCUT2D eigenvalue weighted by Crippen LogP contribution is 2.29. The van der Waals surface area contributed by atoms with E-state index in [1.165, 1.54) is 5.69 Å². The number of likely N-dealkylation sites (N-methyl/N-ethyl adjacent to an activating group) is 1.